The molecule has 1 aliphatic heterocycles. The van der Waals surface area contributed by atoms with Crippen molar-refractivity contribution in [2.75, 3.05) is 13.7 Å². The smallest absolute Gasteiger partial charge is 0.360 e. The largest absolute Gasteiger partial charge is 0.497 e. The lowest BCUT2D eigenvalue weighted by atomic mass is 10.2. The number of imidazole rings is 1. The SMILES string of the molecule is CCOC(=O)c1nnn2c1Cc1cncn1-c1ccc(OC)cc1-2. The number of esters is 1. The van der Waals surface area contributed by atoms with Gasteiger partial charge in [-0.3, -0.25) is 0 Å². The lowest BCUT2D eigenvalue weighted by Gasteiger charge is -2.11. The Kier molecular flexibility index (Phi) is 3.30. The molecule has 8 heteroatoms. The fraction of sp³-hybridized carbons (Fsp3) is 0.250. The molecule has 0 amide bonds. The van der Waals surface area contributed by atoms with Gasteiger partial charge in [-0.2, -0.15) is 0 Å². The lowest BCUT2D eigenvalue weighted by molar-refractivity contribution is 0.0518. The number of aromatic nitrogens is 5. The highest BCUT2D eigenvalue weighted by molar-refractivity contribution is 5.88. The van der Waals surface area contributed by atoms with Crippen LogP contribution in [0, 0.1) is 0 Å². The van der Waals surface area contributed by atoms with Crippen LogP contribution in [0.3, 0.4) is 0 Å². The number of rotatable bonds is 3. The Hall–Kier alpha value is -3.16. The molecule has 8 nitrogen and oxygen atoms in total. The summed E-state index contributed by atoms with van der Waals surface area (Å²) in [6.45, 7) is 2.04. The summed E-state index contributed by atoms with van der Waals surface area (Å²) < 4.78 is 14.0. The maximum atomic E-state index is 12.2. The van der Waals surface area contributed by atoms with E-state index in [-0.39, 0.29) is 12.3 Å². The van der Waals surface area contributed by atoms with Gasteiger partial charge in [-0.05, 0) is 19.1 Å². The average molecular weight is 325 g/mol. The summed E-state index contributed by atoms with van der Waals surface area (Å²) in [4.78, 5) is 16.4. The van der Waals surface area contributed by atoms with Gasteiger partial charge in [0.1, 0.15) is 5.75 Å². The van der Waals surface area contributed by atoms with Gasteiger partial charge >= 0.3 is 5.97 Å². The van der Waals surface area contributed by atoms with Crippen LogP contribution in [0.1, 0.15) is 28.8 Å². The molecule has 1 aliphatic rings. The second kappa shape index (κ2) is 5.48. The van der Waals surface area contributed by atoms with Crippen molar-refractivity contribution in [2.45, 2.75) is 13.3 Å². The van der Waals surface area contributed by atoms with Gasteiger partial charge in [0.25, 0.3) is 0 Å². The number of fused-ring (bicyclic) bond motifs is 5. The Morgan fingerprint density at radius 1 is 1.33 bits per heavy atom. The van der Waals surface area contributed by atoms with E-state index in [1.807, 2.05) is 22.8 Å². The summed E-state index contributed by atoms with van der Waals surface area (Å²) in [5, 5.41) is 8.21. The van der Waals surface area contributed by atoms with E-state index in [4.69, 9.17) is 9.47 Å². The van der Waals surface area contributed by atoms with Crippen LogP contribution in [0.2, 0.25) is 0 Å². The van der Waals surface area contributed by atoms with Crippen LogP contribution in [-0.4, -0.2) is 44.2 Å². The van der Waals surface area contributed by atoms with Crippen LogP contribution in [0.4, 0.5) is 0 Å². The second-order valence-electron chi connectivity index (χ2n) is 5.30. The standard InChI is InChI=1S/C16H15N5O3/c1-3-24-16(22)15-14-6-10-8-17-9-20(10)12-5-4-11(23-2)7-13(12)21(14)19-18-15/h4-5,7-9H,3,6H2,1-2H3. The summed E-state index contributed by atoms with van der Waals surface area (Å²) in [7, 11) is 1.60. The third-order valence-electron chi connectivity index (χ3n) is 3.97. The van der Waals surface area contributed by atoms with Gasteiger partial charge in [0.15, 0.2) is 5.69 Å². The predicted octanol–water partition coefficient (Wildman–Crippen LogP) is 1.54. The third kappa shape index (κ3) is 2.07. The Morgan fingerprint density at radius 3 is 3.00 bits per heavy atom. The Balaban J connectivity index is 1.97. The first-order chi connectivity index (χ1) is 11.7. The summed E-state index contributed by atoms with van der Waals surface area (Å²) >= 11 is 0. The number of methoxy groups -OCH3 is 1. The number of hydrogen-bond donors (Lipinski definition) is 0. The second-order valence-corrected chi connectivity index (χ2v) is 5.30. The molecule has 0 saturated carbocycles. The van der Waals surface area contributed by atoms with Crippen molar-refractivity contribution in [3.63, 3.8) is 0 Å². The molecule has 1 aromatic carbocycles. The molecule has 0 spiro atoms. The molecule has 0 aliphatic carbocycles. The van der Waals surface area contributed by atoms with E-state index < -0.39 is 5.97 Å². The van der Waals surface area contributed by atoms with Gasteiger partial charge in [-0.25, -0.2) is 14.5 Å². The van der Waals surface area contributed by atoms with E-state index >= 15 is 0 Å². The zero-order valence-electron chi connectivity index (χ0n) is 13.3. The van der Waals surface area contributed by atoms with Crippen molar-refractivity contribution in [1.29, 1.82) is 0 Å². The Labute approximate surface area is 137 Å². The van der Waals surface area contributed by atoms with Crippen molar-refractivity contribution in [3.8, 4) is 17.1 Å². The van der Waals surface area contributed by atoms with Crippen molar-refractivity contribution in [3.05, 3.63) is 47.8 Å². The quantitative estimate of drug-likeness (QED) is 0.531. The van der Waals surface area contributed by atoms with Crippen LogP contribution in [-0.2, 0) is 11.2 Å². The highest BCUT2D eigenvalue weighted by Gasteiger charge is 2.27. The summed E-state index contributed by atoms with van der Waals surface area (Å²) in [6.07, 6.45) is 3.98. The number of carbonyl (C=O) groups is 1. The summed E-state index contributed by atoms with van der Waals surface area (Å²) in [5.41, 5.74) is 3.49. The van der Waals surface area contributed by atoms with E-state index in [1.165, 1.54) is 0 Å². The number of ether oxygens (including phenoxy) is 2. The molecule has 0 atom stereocenters. The number of nitrogens with zero attached hydrogens (tertiary/aromatic N) is 5. The fourth-order valence-electron chi connectivity index (χ4n) is 2.86. The van der Waals surface area contributed by atoms with Gasteiger partial charge in [-0.15, -0.1) is 5.10 Å². The first-order valence-corrected chi connectivity index (χ1v) is 7.54. The fourth-order valence-corrected chi connectivity index (χ4v) is 2.86. The van der Waals surface area contributed by atoms with Gasteiger partial charge in [0.05, 0.1) is 37.1 Å². The molecule has 0 bridgehead atoms. The maximum Gasteiger partial charge on any atom is 0.360 e. The van der Waals surface area contributed by atoms with E-state index in [9.17, 15) is 4.79 Å². The number of benzene rings is 1. The molecular formula is C16H15N5O3. The van der Waals surface area contributed by atoms with E-state index in [0.29, 0.717) is 17.9 Å². The summed E-state index contributed by atoms with van der Waals surface area (Å²) in [5.74, 6) is 0.215. The minimum absolute atomic E-state index is 0.222. The highest BCUT2D eigenvalue weighted by atomic mass is 16.5. The minimum Gasteiger partial charge on any atom is -0.497 e. The van der Waals surface area contributed by atoms with E-state index in [2.05, 4.69) is 15.3 Å². The predicted molar refractivity (Wildman–Crippen MR) is 83.8 cm³/mol. The molecule has 3 heterocycles. The van der Waals surface area contributed by atoms with E-state index in [0.717, 1.165) is 17.1 Å². The van der Waals surface area contributed by atoms with Crippen molar-refractivity contribution >= 4 is 5.97 Å². The normalized spacial score (nSPS) is 11.9. The zero-order chi connectivity index (χ0) is 16.7. The molecule has 2 aromatic heterocycles. The molecule has 0 unspecified atom stereocenters. The molecule has 0 saturated heterocycles. The molecule has 122 valence electrons. The molecular weight excluding hydrogens is 310 g/mol. The van der Waals surface area contributed by atoms with Crippen molar-refractivity contribution in [1.82, 2.24) is 24.5 Å². The van der Waals surface area contributed by atoms with Gasteiger partial charge in [-0.1, -0.05) is 5.21 Å². The maximum absolute atomic E-state index is 12.2. The monoisotopic (exact) mass is 325 g/mol. The molecule has 24 heavy (non-hydrogen) atoms. The van der Waals surface area contributed by atoms with Crippen molar-refractivity contribution < 1.29 is 14.3 Å². The van der Waals surface area contributed by atoms with Crippen molar-refractivity contribution in [2.24, 2.45) is 0 Å². The molecule has 0 fully saturated rings. The van der Waals surface area contributed by atoms with Crippen LogP contribution < -0.4 is 4.74 Å². The first-order valence-electron chi connectivity index (χ1n) is 7.54. The average Bonchev–Trinajstić information content (AvgIpc) is 3.20. The Bertz CT molecular complexity index is 928. The molecule has 0 N–H and O–H groups in total. The van der Waals surface area contributed by atoms with Gasteiger partial charge < -0.3 is 14.0 Å². The molecule has 0 radical (unpaired) electrons. The highest BCUT2D eigenvalue weighted by Crippen LogP contribution is 2.31. The third-order valence-corrected chi connectivity index (χ3v) is 3.97. The number of carbonyl (C=O) groups excluding carboxylic acids is 1. The van der Waals surface area contributed by atoms with Crippen LogP contribution in [0.25, 0.3) is 11.4 Å². The minimum atomic E-state index is -0.476. The van der Waals surface area contributed by atoms with Gasteiger partial charge in [0.2, 0.25) is 0 Å². The van der Waals surface area contributed by atoms with Crippen LogP contribution >= 0.6 is 0 Å². The van der Waals surface area contributed by atoms with E-state index in [1.54, 1.807) is 31.2 Å². The first kappa shape index (κ1) is 14.4. The topological polar surface area (TPSA) is 84.1 Å². The summed E-state index contributed by atoms with van der Waals surface area (Å²) in [6, 6.07) is 5.66. The molecule has 3 aromatic rings. The lowest BCUT2D eigenvalue weighted by Crippen LogP contribution is -2.10. The van der Waals surface area contributed by atoms with Crippen LogP contribution in [0.15, 0.2) is 30.7 Å². The van der Waals surface area contributed by atoms with Gasteiger partial charge in [0, 0.05) is 24.4 Å². The van der Waals surface area contributed by atoms with Crippen LogP contribution in [0.5, 0.6) is 5.75 Å². The molecule has 4 rings (SSSR count). The zero-order valence-corrected chi connectivity index (χ0v) is 13.3. The Morgan fingerprint density at radius 2 is 2.21 bits per heavy atom. The number of hydrogen-bond acceptors (Lipinski definition) is 6.